The second kappa shape index (κ2) is 8.09. The SMILES string of the molecule is O=C(CCCN1c2cccc3cccc(c23)S1(=O)=O)NCCCN1CCCC1. The first-order chi connectivity index (χ1) is 13.6. The van der Waals surface area contributed by atoms with Crippen LogP contribution in [0.5, 0.6) is 0 Å². The van der Waals surface area contributed by atoms with E-state index in [0.717, 1.165) is 29.4 Å². The molecule has 6 nitrogen and oxygen atoms in total. The van der Waals surface area contributed by atoms with Crippen LogP contribution in [0.1, 0.15) is 32.1 Å². The van der Waals surface area contributed by atoms with Crippen LogP contribution in [-0.2, 0) is 14.8 Å². The zero-order valence-corrected chi connectivity index (χ0v) is 16.9. The average molecular weight is 402 g/mol. The van der Waals surface area contributed by atoms with Gasteiger partial charge >= 0.3 is 0 Å². The Kier molecular flexibility index (Phi) is 5.55. The number of carbonyl (C=O) groups is 1. The molecule has 0 aliphatic carbocycles. The van der Waals surface area contributed by atoms with Crippen molar-refractivity contribution in [3.05, 3.63) is 36.4 Å². The van der Waals surface area contributed by atoms with Gasteiger partial charge in [0.1, 0.15) is 0 Å². The summed E-state index contributed by atoms with van der Waals surface area (Å²) in [7, 11) is -3.53. The highest BCUT2D eigenvalue weighted by molar-refractivity contribution is 7.93. The first-order valence-corrected chi connectivity index (χ1v) is 11.5. The minimum absolute atomic E-state index is 0.00580. The van der Waals surface area contributed by atoms with Crippen LogP contribution in [0.3, 0.4) is 0 Å². The zero-order chi connectivity index (χ0) is 19.6. The van der Waals surface area contributed by atoms with Crippen molar-refractivity contribution in [3.8, 4) is 0 Å². The van der Waals surface area contributed by atoms with E-state index in [4.69, 9.17) is 0 Å². The summed E-state index contributed by atoms with van der Waals surface area (Å²) < 4.78 is 27.2. The Labute approximate surface area is 166 Å². The normalized spacial score (nSPS) is 18.1. The molecule has 0 radical (unpaired) electrons. The molecule has 4 rings (SSSR count). The summed E-state index contributed by atoms with van der Waals surface area (Å²) >= 11 is 0. The maximum Gasteiger partial charge on any atom is 0.265 e. The molecule has 0 spiro atoms. The summed E-state index contributed by atoms with van der Waals surface area (Å²) in [6.45, 7) is 4.38. The predicted molar refractivity (Wildman–Crippen MR) is 111 cm³/mol. The number of nitrogens with one attached hydrogen (secondary N) is 1. The smallest absolute Gasteiger partial charge is 0.265 e. The van der Waals surface area contributed by atoms with E-state index in [2.05, 4.69) is 10.2 Å². The highest BCUT2D eigenvalue weighted by atomic mass is 32.2. The number of amides is 1. The first-order valence-electron chi connectivity index (χ1n) is 10.1. The van der Waals surface area contributed by atoms with E-state index in [0.29, 0.717) is 30.8 Å². The van der Waals surface area contributed by atoms with Crippen LogP contribution in [0, 0.1) is 0 Å². The van der Waals surface area contributed by atoms with Gasteiger partial charge < -0.3 is 10.2 Å². The molecule has 0 saturated carbocycles. The molecule has 0 aromatic heterocycles. The fraction of sp³-hybridized carbons (Fsp3) is 0.476. The minimum atomic E-state index is -3.53. The van der Waals surface area contributed by atoms with Crippen LogP contribution in [0.15, 0.2) is 41.3 Å². The molecule has 0 atom stereocenters. The second-order valence-corrected chi connectivity index (χ2v) is 9.40. The molecule has 0 bridgehead atoms. The molecular weight excluding hydrogens is 374 g/mol. The monoisotopic (exact) mass is 401 g/mol. The highest BCUT2D eigenvalue weighted by Crippen LogP contribution is 2.41. The van der Waals surface area contributed by atoms with Crippen LogP contribution < -0.4 is 9.62 Å². The van der Waals surface area contributed by atoms with Gasteiger partial charge in [0, 0.05) is 24.9 Å². The molecule has 2 aromatic carbocycles. The van der Waals surface area contributed by atoms with E-state index < -0.39 is 10.0 Å². The molecule has 0 unspecified atom stereocenters. The van der Waals surface area contributed by atoms with E-state index in [-0.39, 0.29) is 5.91 Å². The van der Waals surface area contributed by atoms with Crippen LogP contribution in [0.2, 0.25) is 0 Å². The molecule has 1 N–H and O–H groups in total. The van der Waals surface area contributed by atoms with Crippen molar-refractivity contribution in [2.75, 3.05) is 37.0 Å². The average Bonchev–Trinajstić information content (AvgIpc) is 3.27. The van der Waals surface area contributed by atoms with Crippen LogP contribution in [-0.4, -0.2) is 51.9 Å². The summed E-state index contributed by atoms with van der Waals surface area (Å²) in [5, 5.41) is 4.67. The van der Waals surface area contributed by atoms with Gasteiger partial charge in [0.25, 0.3) is 10.0 Å². The molecule has 28 heavy (non-hydrogen) atoms. The van der Waals surface area contributed by atoms with Crippen molar-refractivity contribution in [1.29, 1.82) is 0 Å². The number of nitrogens with zero attached hydrogens (tertiary/aromatic N) is 2. The molecule has 2 aromatic rings. The fourth-order valence-electron chi connectivity index (χ4n) is 4.21. The van der Waals surface area contributed by atoms with Gasteiger partial charge in [-0.05, 0) is 62.8 Å². The van der Waals surface area contributed by atoms with Crippen molar-refractivity contribution in [3.63, 3.8) is 0 Å². The Morgan fingerprint density at radius 1 is 1.00 bits per heavy atom. The third kappa shape index (κ3) is 3.73. The zero-order valence-electron chi connectivity index (χ0n) is 16.1. The Hall–Kier alpha value is -2.12. The van der Waals surface area contributed by atoms with E-state index in [1.165, 1.54) is 30.2 Å². The largest absolute Gasteiger partial charge is 0.356 e. The van der Waals surface area contributed by atoms with Crippen LogP contribution in [0.4, 0.5) is 5.69 Å². The summed E-state index contributed by atoms with van der Waals surface area (Å²) in [4.78, 5) is 14.9. The Bertz CT molecular complexity index is 963. The molecule has 7 heteroatoms. The molecular formula is C21H27N3O3S. The van der Waals surface area contributed by atoms with Gasteiger partial charge in [0.15, 0.2) is 0 Å². The Morgan fingerprint density at radius 2 is 1.75 bits per heavy atom. The number of carbonyl (C=O) groups excluding carboxylic acids is 1. The van der Waals surface area contributed by atoms with Crippen LogP contribution >= 0.6 is 0 Å². The summed E-state index contributed by atoms with van der Waals surface area (Å²) in [5.74, 6) is -0.00580. The summed E-state index contributed by atoms with van der Waals surface area (Å²) in [5.41, 5.74) is 0.721. The first kappa shape index (κ1) is 19.2. The standard InChI is InChI=1S/C21H27N3O3S/c25-20(22-12-6-15-23-13-1-2-14-23)11-5-16-24-18-9-3-7-17-8-4-10-19(21(17)18)28(24,26)27/h3-4,7-10H,1-2,5-6,11-16H2,(H,22,25). The molecule has 1 saturated heterocycles. The van der Waals surface area contributed by atoms with E-state index in [9.17, 15) is 13.2 Å². The topological polar surface area (TPSA) is 69.7 Å². The van der Waals surface area contributed by atoms with Gasteiger partial charge in [-0.1, -0.05) is 24.3 Å². The maximum absolute atomic E-state index is 12.9. The summed E-state index contributed by atoms with van der Waals surface area (Å²) in [6.07, 6.45) is 4.36. The quantitative estimate of drug-likeness (QED) is 0.691. The third-order valence-electron chi connectivity index (χ3n) is 5.62. The van der Waals surface area contributed by atoms with E-state index in [1.807, 2.05) is 24.3 Å². The highest BCUT2D eigenvalue weighted by Gasteiger charge is 2.34. The lowest BCUT2D eigenvalue weighted by Crippen LogP contribution is -2.31. The molecule has 1 amide bonds. The van der Waals surface area contributed by atoms with Gasteiger partial charge in [-0.25, -0.2) is 8.42 Å². The predicted octanol–water partition coefficient (Wildman–Crippen LogP) is 2.73. The lowest BCUT2D eigenvalue weighted by Gasteiger charge is -2.18. The van der Waals surface area contributed by atoms with Crippen molar-refractivity contribution >= 4 is 32.4 Å². The summed E-state index contributed by atoms with van der Waals surface area (Å²) in [6, 6.07) is 11.0. The van der Waals surface area contributed by atoms with Crippen LogP contribution in [0.25, 0.3) is 10.8 Å². The number of rotatable bonds is 8. The maximum atomic E-state index is 12.9. The van der Waals surface area contributed by atoms with Crippen molar-refractivity contribution in [2.45, 2.75) is 37.0 Å². The number of anilines is 1. The second-order valence-electron chi connectivity index (χ2n) is 7.56. The van der Waals surface area contributed by atoms with Gasteiger partial charge in [-0.2, -0.15) is 0 Å². The molecule has 150 valence electrons. The number of sulfonamides is 1. The minimum Gasteiger partial charge on any atom is -0.356 e. The van der Waals surface area contributed by atoms with E-state index >= 15 is 0 Å². The number of hydrogen-bond donors (Lipinski definition) is 1. The fourth-order valence-corrected chi connectivity index (χ4v) is 5.96. The number of hydrogen-bond acceptors (Lipinski definition) is 4. The van der Waals surface area contributed by atoms with E-state index in [1.54, 1.807) is 12.1 Å². The van der Waals surface area contributed by atoms with Crippen molar-refractivity contribution < 1.29 is 13.2 Å². The Balaban J connectivity index is 1.28. The number of benzene rings is 2. The third-order valence-corrected chi connectivity index (χ3v) is 7.47. The Morgan fingerprint density at radius 3 is 2.54 bits per heavy atom. The number of likely N-dealkylation sites (tertiary alicyclic amines) is 1. The molecule has 2 aliphatic rings. The molecule has 1 fully saturated rings. The molecule has 2 heterocycles. The molecule has 2 aliphatic heterocycles. The van der Waals surface area contributed by atoms with Gasteiger partial charge in [-0.15, -0.1) is 0 Å². The van der Waals surface area contributed by atoms with Gasteiger partial charge in [-0.3, -0.25) is 9.10 Å². The lowest BCUT2D eigenvalue weighted by atomic mass is 10.1. The van der Waals surface area contributed by atoms with Gasteiger partial charge in [0.05, 0.1) is 10.6 Å². The lowest BCUT2D eigenvalue weighted by molar-refractivity contribution is -0.121. The van der Waals surface area contributed by atoms with Gasteiger partial charge in [0.2, 0.25) is 5.91 Å². The van der Waals surface area contributed by atoms with Crippen molar-refractivity contribution in [2.24, 2.45) is 0 Å². The van der Waals surface area contributed by atoms with Crippen molar-refractivity contribution in [1.82, 2.24) is 10.2 Å².